The van der Waals surface area contributed by atoms with Crippen LogP contribution < -0.4 is 15.4 Å². The summed E-state index contributed by atoms with van der Waals surface area (Å²) in [7, 11) is 0. The van der Waals surface area contributed by atoms with Gasteiger partial charge in [0.1, 0.15) is 12.4 Å². The number of rotatable bonds is 7. The molecule has 3 aromatic rings. The third-order valence-corrected chi connectivity index (χ3v) is 5.63. The molecule has 7 heteroatoms. The number of esters is 1. The largest absolute Gasteiger partial charge is 0.489 e. The van der Waals surface area contributed by atoms with Crippen LogP contribution in [0.2, 0.25) is 5.02 Å². The van der Waals surface area contributed by atoms with Gasteiger partial charge < -0.3 is 20.1 Å². The van der Waals surface area contributed by atoms with E-state index in [1.54, 1.807) is 26.0 Å². The lowest BCUT2D eigenvalue weighted by atomic mass is 9.92. The topological polar surface area (TPSA) is 76.7 Å². The molecule has 1 aliphatic rings. The summed E-state index contributed by atoms with van der Waals surface area (Å²) < 4.78 is 11.4. The first-order valence-corrected chi connectivity index (χ1v) is 11.3. The fourth-order valence-electron chi connectivity index (χ4n) is 3.68. The second-order valence-electron chi connectivity index (χ2n) is 8.09. The Morgan fingerprint density at radius 1 is 0.971 bits per heavy atom. The minimum atomic E-state index is -0.687. The van der Waals surface area contributed by atoms with Gasteiger partial charge in [-0.1, -0.05) is 72.3 Å². The zero-order valence-electron chi connectivity index (χ0n) is 18.9. The molecule has 0 saturated heterocycles. The molecule has 4 rings (SSSR count). The average Bonchev–Trinajstić information content (AvgIpc) is 2.83. The molecule has 3 aromatic carbocycles. The van der Waals surface area contributed by atoms with E-state index in [-0.39, 0.29) is 6.10 Å². The van der Waals surface area contributed by atoms with Gasteiger partial charge in [-0.05, 0) is 43.2 Å². The van der Waals surface area contributed by atoms with Crippen molar-refractivity contribution in [1.29, 1.82) is 0 Å². The van der Waals surface area contributed by atoms with Crippen molar-refractivity contribution < 1.29 is 19.1 Å². The average molecular weight is 477 g/mol. The summed E-state index contributed by atoms with van der Waals surface area (Å²) in [5.41, 5.74) is 3.10. The Kier molecular flexibility index (Phi) is 7.18. The standard InChI is InChI=1S/C27H25ClN2O4/c1-17(2)34-26(31)23-24(18-8-4-3-5-9-18)29-27(32)30-25(23)19-12-14-21(15-13-19)33-16-20-10-6-7-11-22(20)28/h3-15,17,25H,16H2,1-2H3,(H2,29,30,32). The molecule has 0 aliphatic carbocycles. The van der Waals surface area contributed by atoms with Gasteiger partial charge in [-0.2, -0.15) is 0 Å². The molecule has 1 atom stereocenters. The maximum absolute atomic E-state index is 13.1. The Labute approximate surface area is 203 Å². The fraction of sp³-hybridized carbons (Fsp3) is 0.185. The van der Waals surface area contributed by atoms with Crippen LogP contribution in [0.25, 0.3) is 5.70 Å². The molecule has 0 spiro atoms. The molecule has 1 aliphatic heterocycles. The first kappa shape index (κ1) is 23.4. The number of carbonyl (C=O) groups excluding carboxylic acids is 2. The molecular formula is C27H25ClN2O4. The zero-order chi connectivity index (χ0) is 24.1. The van der Waals surface area contributed by atoms with E-state index in [0.29, 0.717) is 28.6 Å². The molecule has 2 N–H and O–H groups in total. The number of nitrogens with one attached hydrogen (secondary N) is 2. The highest BCUT2D eigenvalue weighted by molar-refractivity contribution is 6.31. The van der Waals surface area contributed by atoms with E-state index in [4.69, 9.17) is 21.1 Å². The first-order valence-electron chi connectivity index (χ1n) is 11.0. The van der Waals surface area contributed by atoms with E-state index in [1.165, 1.54) is 0 Å². The van der Waals surface area contributed by atoms with Crippen LogP contribution in [-0.4, -0.2) is 18.1 Å². The van der Waals surface area contributed by atoms with E-state index in [2.05, 4.69) is 10.6 Å². The summed E-state index contributed by atoms with van der Waals surface area (Å²) in [5.74, 6) is 0.146. The van der Waals surface area contributed by atoms with Gasteiger partial charge in [0.2, 0.25) is 0 Å². The molecule has 1 unspecified atom stereocenters. The number of amides is 2. The monoisotopic (exact) mass is 476 g/mol. The fourth-order valence-corrected chi connectivity index (χ4v) is 3.87. The molecular weight excluding hydrogens is 452 g/mol. The van der Waals surface area contributed by atoms with Gasteiger partial charge in [0.05, 0.1) is 23.4 Å². The van der Waals surface area contributed by atoms with Crippen molar-refractivity contribution in [1.82, 2.24) is 10.6 Å². The molecule has 6 nitrogen and oxygen atoms in total. The third-order valence-electron chi connectivity index (χ3n) is 5.26. The lowest BCUT2D eigenvalue weighted by Gasteiger charge is -2.30. The van der Waals surface area contributed by atoms with Crippen LogP contribution in [0.15, 0.2) is 84.4 Å². The van der Waals surface area contributed by atoms with Crippen LogP contribution in [-0.2, 0) is 16.1 Å². The number of hydrogen-bond donors (Lipinski definition) is 2. The third kappa shape index (κ3) is 5.41. The molecule has 0 fully saturated rings. The predicted molar refractivity (Wildman–Crippen MR) is 131 cm³/mol. The van der Waals surface area contributed by atoms with E-state index in [1.807, 2.05) is 66.7 Å². The van der Waals surface area contributed by atoms with Gasteiger partial charge in [0.15, 0.2) is 0 Å². The summed E-state index contributed by atoms with van der Waals surface area (Å²) in [6, 6.07) is 22.9. The number of ether oxygens (including phenoxy) is 2. The van der Waals surface area contributed by atoms with Gasteiger partial charge in [-0.3, -0.25) is 0 Å². The Hall–Kier alpha value is -3.77. The van der Waals surface area contributed by atoms with Crippen molar-refractivity contribution in [2.24, 2.45) is 0 Å². The lowest BCUT2D eigenvalue weighted by Crippen LogP contribution is -2.45. The van der Waals surface area contributed by atoms with Crippen LogP contribution in [0.3, 0.4) is 0 Å². The van der Waals surface area contributed by atoms with Crippen molar-refractivity contribution in [3.8, 4) is 5.75 Å². The number of urea groups is 1. The second-order valence-corrected chi connectivity index (χ2v) is 8.50. The molecule has 0 aromatic heterocycles. The van der Waals surface area contributed by atoms with Crippen molar-refractivity contribution in [2.75, 3.05) is 0 Å². The quantitative estimate of drug-likeness (QED) is 0.433. The van der Waals surface area contributed by atoms with E-state index in [0.717, 1.165) is 16.7 Å². The van der Waals surface area contributed by atoms with Gasteiger partial charge in [0, 0.05) is 10.6 Å². The van der Waals surface area contributed by atoms with E-state index in [9.17, 15) is 9.59 Å². The molecule has 34 heavy (non-hydrogen) atoms. The SMILES string of the molecule is CC(C)OC(=O)C1=C(c2ccccc2)NC(=O)NC1c1ccc(OCc2ccccc2Cl)cc1. The molecule has 1 heterocycles. The van der Waals surface area contributed by atoms with Crippen molar-refractivity contribution in [3.05, 3.63) is 106 Å². The summed E-state index contributed by atoms with van der Waals surface area (Å²) in [5, 5.41) is 6.28. The Morgan fingerprint density at radius 3 is 2.32 bits per heavy atom. The highest BCUT2D eigenvalue weighted by Crippen LogP contribution is 2.33. The first-order chi connectivity index (χ1) is 16.4. The molecule has 0 radical (unpaired) electrons. The summed E-state index contributed by atoms with van der Waals surface area (Å²) >= 11 is 6.20. The van der Waals surface area contributed by atoms with Crippen molar-refractivity contribution >= 4 is 29.3 Å². The van der Waals surface area contributed by atoms with Gasteiger partial charge >= 0.3 is 12.0 Å². The highest BCUT2D eigenvalue weighted by Gasteiger charge is 2.34. The molecule has 2 amide bonds. The van der Waals surface area contributed by atoms with E-state index < -0.39 is 18.0 Å². The van der Waals surface area contributed by atoms with E-state index >= 15 is 0 Å². The normalized spacial score (nSPS) is 15.5. The van der Waals surface area contributed by atoms with Crippen LogP contribution in [0, 0.1) is 0 Å². The lowest BCUT2D eigenvalue weighted by molar-refractivity contribution is -0.143. The number of benzene rings is 3. The molecule has 0 saturated carbocycles. The zero-order valence-corrected chi connectivity index (χ0v) is 19.6. The minimum absolute atomic E-state index is 0.309. The van der Waals surface area contributed by atoms with Crippen LogP contribution in [0.4, 0.5) is 4.79 Å². The smallest absolute Gasteiger partial charge is 0.338 e. The van der Waals surface area contributed by atoms with Crippen LogP contribution in [0.1, 0.15) is 36.6 Å². The Morgan fingerprint density at radius 2 is 1.65 bits per heavy atom. The van der Waals surface area contributed by atoms with Crippen molar-refractivity contribution in [2.45, 2.75) is 32.6 Å². The van der Waals surface area contributed by atoms with Crippen LogP contribution in [0.5, 0.6) is 5.75 Å². The van der Waals surface area contributed by atoms with Crippen LogP contribution >= 0.6 is 11.6 Å². The maximum atomic E-state index is 13.1. The Balaban J connectivity index is 1.64. The summed E-state index contributed by atoms with van der Waals surface area (Å²) in [6.45, 7) is 3.90. The number of carbonyl (C=O) groups is 2. The highest BCUT2D eigenvalue weighted by atomic mass is 35.5. The summed E-state index contributed by atoms with van der Waals surface area (Å²) in [6.07, 6.45) is -0.309. The van der Waals surface area contributed by atoms with Crippen molar-refractivity contribution in [3.63, 3.8) is 0 Å². The molecule has 174 valence electrons. The van der Waals surface area contributed by atoms with Gasteiger partial charge in [-0.15, -0.1) is 0 Å². The van der Waals surface area contributed by atoms with Gasteiger partial charge in [0.25, 0.3) is 0 Å². The summed E-state index contributed by atoms with van der Waals surface area (Å²) in [4.78, 5) is 25.7. The minimum Gasteiger partial charge on any atom is -0.489 e. The number of hydrogen-bond acceptors (Lipinski definition) is 4. The second kappa shape index (κ2) is 10.4. The number of halogens is 1. The predicted octanol–water partition coefficient (Wildman–Crippen LogP) is 5.64. The maximum Gasteiger partial charge on any atom is 0.338 e. The Bertz CT molecular complexity index is 1210. The van der Waals surface area contributed by atoms with Gasteiger partial charge in [-0.25, -0.2) is 9.59 Å². The molecule has 0 bridgehead atoms.